The molecule has 0 saturated carbocycles. The Labute approximate surface area is 132 Å². The summed E-state index contributed by atoms with van der Waals surface area (Å²) in [5.74, 6) is -0.479. The molecule has 22 heavy (non-hydrogen) atoms. The van der Waals surface area contributed by atoms with Gasteiger partial charge in [0.15, 0.2) is 0 Å². The van der Waals surface area contributed by atoms with Gasteiger partial charge in [0, 0.05) is 5.69 Å². The molecule has 0 saturated heterocycles. The monoisotopic (exact) mass is 309 g/mol. The number of hydrogen-bond donors (Lipinski definition) is 0. The Kier molecular flexibility index (Phi) is 5.80. The van der Waals surface area contributed by atoms with E-state index < -0.39 is 17.7 Å². The minimum Gasteiger partial charge on any atom is -0.461 e. The second kappa shape index (κ2) is 6.99. The first-order valence-electron chi connectivity index (χ1n) is 7.81. The van der Waals surface area contributed by atoms with Crippen LogP contribution in [0.3, 0.4) is 0 Å². The summed E-state index contributed by atoms with van der Waals surface area (Å²) in [6.45, 7) is 13.2. The number of carbonyl (C=O) groups excluding carboxylic acids is 2. The van der Waals surface area contributed by atoms with Crippen LogP contribution < -0.4 is 0 Å². The zero-order valence-electron chi connectivity index (χ0n) is 14.7. The first kappa shape index (κ1) is 18.3. The van der Waals surface area contributed by atoms with E-state index >= 15 is 0 Å². The van der Waals surface area contributed by atoms with Gasteiger partial charge >= 0.3 is 12.1 Å². The van der Waals surface area contributed by atoms with Gasteiger partial charge in [-0.25, -0.2) is 14.2 Å². The molecule has 0 bridgehead atoms. The molecule has 0 fully saturated rings. The Morgan fingerprint density at radius 2 is 1.59 bits per heavy atom. The van der Waals surface area contributed by atoms with Crippen molar-refractivity contribution in [2.45, 2.75) is 66.9 Å². The topological polar surface area (TPSA) is 57.5 Å². The summed E-state index contributed by atoms with van der Waals surface area (Å²) in [4.78, 5) is 24.9. The van der Waals surface area contributed by atoms with Crippen molar-refractivity contribution in [3.8, 4) is 0 Å². The fourth-order valence-corrected chi connectivity index (χ4v) is 2.60. The lowest BCUT2D eigenvalue weighted by atomic mass is 10.0. The van der Waals surface area contributed by atoms with Gasteiger partial charge in [-0.1, -0.05) is 13.8 Å². The Balaban J connectivity index is 3.50. The number of carbonyl (C=O) groups is 2. The molecule has 0 aromatic carbocycles. The van der Waals surface area contributed by atoms with E-state index in [0.29, 0.717) is 12.1 Å². The summed E-state index contributed by atoms with van der Waals surface area (Å²) in [5, 5.41) is 0. The number of esters is 1. The maximum atomic E-state index is 12.5. The van der Waals surface area contributed by atoms with Crippen LogP contribution in [-0.2, 0) is 22.3 Å². The van der Waals surface area contributed by atoms with E-state index in [4.69, 9.17) is 9.47 Å². The average molecular weight is 309 g/mol. The van der Waals surface area contributed by atoms with Crippen LogP contribution in [-0.4, -0.2) is 28.8 Å². The van der Waals surface area contributed by atoms with Crippen LogP contribution in [0.25, 0.3) is 0 Å². The van der Waals surface area contributed by atoms with Crippen molar-refractivity contribution in [2.24, 2.45) is 0 Å². The first-order valence-corrected chi connectivity index (χ1v) is 7.81. The smallest absolute Gasteiger partial charge is 0.419 e. The van der Waals surface area contributed by atoms with E-state index in [0.717, 1.165) is 23.2 Å². The summed E-state index contributed by atoms with van der Waals surface area (Å²) in [6.07, 6.45) is 0.869. The molecule has 1 aromatic heterocycles. The molecule has 0 aliphatic rings. The Morgan fingerprint density at radius 1 is 1.05 bits per heavy atom. The third kappa shape index (κ3) is 3.70. The van der Waals surface area contributed by atoms with Crippen molar-refractivity contribution in [3.05, 3.63) is 22.5 Å². The highest BCUT2D eigenvalue weighted by Crippen LogP contribution is 2.26. The molecule has 124 valence electrons. The molecule has 0 aliphatic heterocycles. The van der Waals surface area contributed by atoms with Gasteiger partial charge in [-0.3, -0.25) is 0 Å². The summed E-state index contributed by atoms with van der Waals surface area (Å²) < 4.78 is 11.9. The van der Waals surface area contributed by atoms with Crippen molar-refractivity contribution >= 4 is 12.1 Å². The van der Waals surface area contributed by atoms with Crippen molar-refractivity contribution in [3.63, 3.8) is 0 Å². The lowest BCUT2D eigenvalue weighted by Crippen LogP contribution is -2.30. The van der Waals surface area contributed by atoms with Crippen LogP contribution in [0, 0.1) is 6.92 Å². The molecule has 1 aromatic rings. The predicted molar refractivity (Wildman–Crippen MR) is 85.5 cm³/mol. The molecule has 0 unspecified atom stereocenters. The van der Waals surface area contributed by atoms with E-state index in [2.05, 4.69) is 0 Å². The van der Waals surface area contributed by atoms with Gasteiger partial charge in [0.25, 0.3) is 0 Å². The largest absolute Gasteiger partial charge is 0.461 e. The maximum Gasteiger partial charge on any atom is 0.419 e. The molecular formula is C17H27NO4. The Morgan fingerprint density at radius 3 is 2.00 bits per heavy atom. The molecule has 1 heterocycles. The number of ether oxygens (including phenoxy) is 2. The molecule has 0 atom stereocenters. The predicted octanol–water partition coefficient (Wildman–Crippen LogP) is 3.88. The molecule has 5 nitrogen and oxygen atoms in total. The Hall–Kier alpha value is -1.78. The van der Waals surface area contributed by atoms with Gasteiger partial charge in [0.1, 0.15) is 11.3 Å². The van der Waals surface area contributed by atoms with Gasteiger partial charge in [0.05, 0.1) is 6.61 Å². The second-order valence-electron chi connectivity index (χ2n) is 6.13. The van der Waals surface area contributed by atoms with Crippen LogP contribution >= 0.6 is 0 Å². The Bertz CT molecular complexity index is 564. The van der Waals surface area contributed by atoms with Crippen molar-refractivity contribution in [1.29, 1.82) is 0 Å². The van der Waals surface area contributed by atoms with E-state index in [1.807, 2.05) is 20.8 Å². The fraction of sp³-hybridized carbons (Fsp3) is 0.647. The van der Waals surface area contributed by atoms with Gasteiger partial charge in [-0.2, -0.15) is 0 Å². The minimum atomic E-state index is -0.627. The van der Waals surface area contributed by atoms with Crippen molar-refractivity contribution < 1.29 is 19.1 Å². The molecule has 0 N–H and O–H groups in total. The summed E-state index contributed by atoms with van der Waals surface area (Å²) in [6, 6.07) is 0. The quantitative estimate of drug-likeness (QED) is 0.792. The van der Waals surface area contributed by atoms with Crippen LogP contribution in [0.2, 0.25) is 0 Å². The molecule has 1 rings (SSSR count). The molecule has 0 spiro atoms. The van der Waals surface area contributed by atoms with Crippen LogP contribution in [0.15, 0.2) is 0 Å². The van der Waals surface area contributed by atoms with Gasteiger partial charge in [0.2, 0.25) is 0 Å². The first-order chi connectivity index (χ1) is 10.2. The van der Waals surface area contributed by atoms with Gasteiger partial charge in [-0.15, -0.1) is 0 Å². The zero-order valence-corrected chi connectivity index (χ0v) is 14.7. The highest BCUT2D eigenvalue weighted by molar-refractivity contribution is 5.95. The molecular weight excluding hydrogens is 282 g/mol. The van der Waals surface area contributed by atoms with E-state index in [-0.39, 0.29) is 6.61 Å². The number of hydrogen-bond acceptors (Lipinski definition) is 4. The summed E-state index contributed by atoms with van der Waals surface area (Å²) in [5.41, 5.74) is 2.30. The normalized spacial score (nSPS) is 11.4. The third-order valence-corrected chi connectivity index (χ3v) is 3.40. The highest BCUT2D eigenvalue weighted by Gasteiger charge is 2.30. The lowest BCUT2D eigenvalue weighted by molar-refractivity contribution is 0.0446. The standard InChI is InChI=1S/C17H27NO4/c1-8-12-11(4)18(16(20)22-17(5,6)7)14(13(12)9-2)15(19)21-10-3/h8-10H2,1-7H3. The molecule has 5 heteroatoms. The van der Waals surface area contributed by atoms with Crippen molar-refractivity contribution in [2.75, 3.05) is 6.61 Å². The van der Waals surface area contributed by atoms with Gasteiger partial charge in [-0.05, 0) is 58.6 Å². The summed E-state index contributed by atoms with van der Waals surface area (Å²) >= 11 is 0. The lowest BCUT2D eigenvalue weighted by Gasteiger charge is -2.21. The SMILES string of the molecule is CCOC(=O)c1c(CC)c(CC)c(C)n1C(=O)OC(C)(C)C. The van der Waals surface area contributed by atoms with Crippen LogP contribution in [0.1, 0.15) is 68.9 Å². The highest BCUT2D eigenvalue weighted by atomic mass is 16.6. The molecule has 0 aliphatic carbocycles. The summed E-state index contributed by atoms with van der Waals surface area (Å²) in [7, 11) is 0. The van der Waals surface area contributed by atoms with E-state index in [1.165, 1.54) is 4.57 Å². The number of nitrogens with zero attached hydrogens (tertiary/aromatic N) is 1. The van der Waals surface area contributed by atoms with E-state index in [9.17, 15) is 9.59 Å². The van der Waals surface area contributed by atoms with Crippen molar-refractivity contribution in [1.82, 2.24) is 4.57 Å². The van der Waals surface area contributed by atoms with Crippen LogP contribution in [0.5, 0.6) is 0 Å². The number of rotatable bonds is 4. The van der Waals surface area contributed by atoms with Gasteiger partial charge < -0.3 is 9.47 Å². The number of aromatic nitrogens is 1. The molecule has 0 radical (unpaired) electrons. The third-order valence-electron chi connectivity index (χ3n) is 3.40. The minimum absolute atomic E-state index is 0.266. The van der Waals surface area contributed by atoms with E-state index in [1.54, 1.807) is 27.7 Å². The molecule has 0 amide bonds. The zero-order chi connectivity index (χ0) is 17.1. The van der Waals surface area contributed by atoms with Crippen LogP contribution in [0.4, 0.5) is 4.79 Å². The second-order valence-corrected chi connectivity index (χ2v) is 6.13. The maximum absolute atomic E-state index is 12.5. The average Bonchev–Trinajstić information content (AvgIpc) is 2.69. The fourth-order valence-electron chi connectivity index (χ4n) is 2.60.